The van der Waals surface area contributed by atoms with Gasteiger partial charge in [0.25, 0.3) is 5.91 Å². The van der Waals surface area contributed by atoms with Crippen molar-refractivity contribution in [2.24, 2.45) is 0 Å². The van der Waals surface area contributed by atoms with Gasteiger partial charge in [0.2, 0.25) is 0 Å². The van der Waals surface area contributed by atoms with Gasteiger partial charge in [-0.1, -0.05) is 13.0 Å². The minimum atomic E-state index is -1.55. The highest BCUT2D eigenvalue weighted by Gasteiger charge is 2.31. The second-order valence-corrected chi connectivity index (χ2v) is 15.4. The Balaban J connectivity index is 2.69. The van der Waals surface area contributed by atoms with Crippen molar-refractivity contribution in [1.29, 1.82) is 0 Å². The lowest BCUT2D eigenvalue weighted by Crippen LogP contribution is -2.42. The van der Waals surface area contributed by atoms with Gasteiger partial charge in [0, 0.05) is 0 Å². The maximum atomic E-state index is 12.3. The Labute approximate surface area is 139 Å². The molecule has 1 heterocycles. The average Bonchev–Trinajstić information content (AvgIpc) is 2.74. The molecule has 0 aromatic carbocycles. The molecule has 0 unspecified atom stereocenters. The number of carbonyl (C=O) groups is 2. The Bertz CT molecular complexity index is 438. The number of amides is 1. The molecule has 4 nitrogen and oxygen atoms in total. The molecule has 0 aromatic rings. The van der Waals surface area contributed by atoms with Gasteiger partial charge in [-0.05, 0) is 66.5 Å². The highest BCUT2D eigenvalue weighted by molar-refractivity contribution is 9.92. The summed E-state index contributed by atoms with van der Waals surface area (Å²) >= 11 is 8.59. The van der Waals surface area contributed by atoms with Crippen LogP contribution in [0.2, 0.25) is 0 Å². The molecule has 0 bridgehead atoms. The Morgan fingerprint density at radius 1 is 1.50 bits per heavy atom. The number of allylic oxidation sites excluding steroid dienone is 2. The van der Waals surface area contributed by atoms with Crippen LogP contribution < -0.4 is 5.32 Å². The summed E-state index contributed by atoms with van der Waals surface area (Å²) in [6.07, 6.45) is 6.07. The van der Waals surface area contributed by atoms with Crippen molar-refractivity contribution in [3.8, 4) is 0 Å². The van der Waals surface area contributed by atoms with Crippen LogP contribution in [0.4, 0.5) is 0 Å². The predicted octanol–water partition coefficient (Wildman–Crippen LogP) is 3.62. The number of hydrogen-bond donors (Lipinski definition) is 1. The molecule has 1 N–H and O–H groups in total. The molecule has 0 aliphatic carbocycles. The number of nitrogens with one attached hydrogen (secondary N) is 1. The maximum absolute atomic E-state index is 12.3. The van der Waals surface area contributed by atoms with E-state index in [-0.39, 0.29) is 11.9 Å². The van der Waals surface area contributed by atoms with Crippen LogP contribution in [0.25, 0.3) is 0 Å². The van der Waals surface area contributed by atoms with Crippen LogP contribution in [0.15, 0.2) is 22.5 Å². The largest absolute Gasteiger partial charge is 0.464 e. The second kappa shape index (κ2) is 8.51. The minimum absolute atomic E-state index is 0.252. The van der Waals surface area contributed by atoms with Gasteiger partial charge in [0.15, 0.2) is 0 Å². The Morgan fingerprint density at radius 3 is 2.70 bits per heavy atom. The molecule has 0 spiro atoms. The monoisotopic (exact) mass is 445 g/mol. The first kappa shape index (κ1) is 18.1. The Hall–Kier alpha value is 0.0800. The van der Waals surface area contributed by atoms with Crippen molar-refractivity contribution in [2.75, 3.05) is 18.6 Å². The molecule has 0 saturated heterocycles. The molecule has 8 heteroatoms. The van der Waals surface area contributed by atoms with Crippen LogP contribution in [-0.2, 0) is 14.3 Å². The molecular formula is C12H17Br2NO3S2. The molecular weight excluding hydrogens is 430 g/mol. The van der Waals surface area contributed by atoms with Gasteiger partial charge in [-0.3, -0.25) is 4.79 Å². The molecule has 1 amide bonds. The number of thioether (sulfide) groups is 1. The lowest BCUT2D eigenvalue weighted by Gasteiger charge is -2.23. The molecule has 0 saturated carbocycles. The van der Waals surface area contributed by atoms with Crippen molar-refractivity contribution in [1.82, 2.24) is 5.32 Å². The number of ether oxygens (including phenoxy) is 1. The van der Waals surface area contributed by atoms with Crippen LogP contribution in [0.5, 0.6) is 0 Å². The molecule has 20 heavy (non-hydrogen) atoms. The normalized spacial score (nSPS) is 19.1. The summed E-state index contributed by atoms with van der Waals surface area (Å²) in [5.41, 5.74) is 0. The first-order valence-electron chi connectivity index (χ1n) is 5.99. The van der Waals surface area contributed by atoms with Crippen LogP contribution in [-0.4, -0.2) is 36.5 Å². The van der Waals surface area contributed by atoms with E-state index in [2.05, 4.69) is 34.9 Å². The van der Waals surface area contributed by atoms with Crippen molar-refractivity contribution in [2.45, 2.75) is 19.4 Å². The molecule has 0 aromatic heterocycles. The topological polar surface area (TPSA) is 55.4 Å². The van der Waals surface area contributed by atoms with E-state index in [4.69, 9.17) is 4.74 Å². The van der Waals surface area contributed by atoms with Gasteiger partial charge in [-0.2, -0.15) is 11.8 Å². The predicted molar refractivity (Wildman–Crippen MR) is 94.2 cm³/mol. The molecule has 1 rings (SSSR count). The van der Waals surface area contributed by atoms with Gasteiger partial charge in [0.05, 0.1) is 11.5 Å². The molecule has 114 valence electrons. The first-order chi connectivity index (χ1) is 9.42. The van der Waals surface area contributed by atoms with E-state index in [9.17, 15) is 9.59 Å². The van der Waals surface area contributed by atoms with E-state index < -0.39 is 12.9 Å². The molecule has 1 aliphatic rings. The number of esters is 1. The van der Waals surface area contributed by atoms with Crippen LogP contribution in [0.1, 0.15) is 13.3 Å². The fourth-order valence-corrected chi connectivity index (χ4v) is 5.28. The zero-order valence-electron chi connectivity index (χ0n) is 11.2. The standard InChI is InChI=1S/C12H17Br2NO3S2/c1-3-18-12(17)9(6-7-19-2)15-11(16)10-5-4-8-20(10,13)14/h4-5,8-9H,3,6-7H2,1-2H3,(H,15,16)/t9-/m0/s1. The summed E-state index contributed by atoms with van der Waals surface area (Å²) in [6.45, 7) is 0.503. The summed E-state index contributed by atoms with van der Waals surface area (Å²) in [5.74, 6) is 0.144. The van der Waals surface area contributed by atoms with E-state index in [1.165, 1.54) is 0 Å². The van der Waals surface area contributed by atoms with E-state index in [0.717, 1.165) is 5.75 Å². The third-order valence-electron chi connectivity index (χ3n) is 2.50. The number of halogens is 2. The second-order valence-electron chi connectivity index (χ2n) is 3.93. The first-order valence-corrected chi connectivity index (χ1v) is 12.8. The van der Waals surface area contributed by atoms with Crippen molar-refractivity contribution in [3.63, 3.8) is 0 Å². The van der Waals surface area contributed by atoms with Crippen molar-refractivity contribution >= 4 is 60.2 Å². The minimum Gasteiger partial charge on any atom is -0.464 e. The van der Waals surface area contributed by atoms with E-state index in [1.807, 2.05) is 17.7 Å². The third kappa shape index (κ3) is 5.13. The average molecular weight is 447 g/mol. The number of carbonyl (C=O) groups excluding carboxylic acids is 2. The SMILES string of the molecule is CCOC(=O)[C@H](CCSC)NC(=O)C1=CC=CS1(Br)Br. The van der Waals surface area contributed by atoms with E-state index >= 15 is 0 Å². The van der Waals surface area contributed by atoms with Gasteiger partial charge < -0.3 is 10.1 Å². The van der Waals surface area contributed by atoms with Crippen LogP contribution in [0.3, 0.4) is 0 Å². The smallest absolute Gasteiger partial charge is 0.328 e. The van der Waals surface area contributed by atoms with E-state index in [0.29, 0.717) is 17.9 Å². The molecule has 0 fully saturated rings. The quantitative estimate of drug-likeness (QED) is 0.606. The fourth-order valence-electron chi connectivity index (χ4n) is 1.55. The zero-order valence-corrected chi connectivity index (χ0v) is 16.0. The summed E-state index contributed by atoms with van der Waals surface area (Å²) < 4.78 is 5.00. The van der Waals surface area contributed by atoms with Gasteiger partial charge in [-0.25, -0.2) is 4.79 Å². The highest BCUT2D eigenvalue weighted by Crippen LogP contribution is 2.72. The van der Waals surface area contributed by atoms with Gasteiger partial charge >= 0.3 is 5.97 Å². The van der Waals surface area contributed by atoms with Crippen molar-refractivity contribution in [3.05, 3.63) is 22.5 Å². The maximum Gasteiger partial charge on any atom is 0.328 e. The third-order valence-corrected chi connectivity index (χ3v) is 7.94. The Morgan fingerprint density at radius 2 is 2.20 bits per heavy atom. The van der Waals surface area contributed by atoms with Crippen molar-refractivity contribution < 1.29 is 14.3 Å². The zero-order chi connectivity index (χ0) is 15.2. The summed E-state index contributed by atoms with van der Waals surface area (Å²) in [5, 5.41) is 4.65. The molecule has 1 aliphatic heterocycles. The lowest BCUT2D eigenvalue weighted by molar-refractivity contribution is -0.147. The Kier molecular flexibility index (Phi) is 7.71. The summed E-state index contributed by atoms with van der Waals surface area (Å²) in [6, 6.07) is -0.605. The molecule has 1 atom stereocenters. The summed E-state index contributed by atoms with van der Waals surface area (Å²) in [4.78, 5) is 24.7. The fraction of sp³-hybridized carbons (Fsp3) is 0.500. The van der Waals surface area contributed by atoms with Gasteiger partial charge in [0.1, 0.15) is 6.04 Å². The van der Waals surface area contributed by atoms with Gasteiger partial charge in [-0.15, -0.1) is 0 Å². The van der Waals surface area contributed by atoms with Crippen LogP contribution >= 0.6 is 48.3 Å². The highest BCUT2D eigenvalue weighted by atomic mass is 79.9. The number of rotatable bonds is 7. The lowest BCUT2D eigenvalue weighted by atomic mass is 10.2. The summed E-state index contributed by atoms with van der Waals surface area (Å²) in [7, 11) is 0. The number of hydrogen-bond acceptors (Lipinski definition) is 4. The van der Waals surface area contributed by atoms with Crippen LogP contribution in [0, 0.1) is 0 Å². The molecule has 0 radical (unpaired) electrons. The van der Waals surface area contributed by atoms with E-state index in [1.54, 1.807) is 24.8 Å².